The normalized spacial score (nSPS) is 25.8. The first-order chi connectivity index (χ1) is 16.6. The Labute approximate surface area is 210 Å². The van der Waals surface area contributed by atoms with Crippen LogP contribution in [0.15, 0.2) is 12.3 Å². The number of hydrogen-bond donors (Lipinski definition) is 3. The van der Waals surface area contributed by atoms with Gasteiger partial charge in [0.05, 0.1) is 11.0 Å². The van der Waals surface area contributed by atoms with Crippen molar-refractivity contribution in [1.29, 1.82) is 0 Å². The molecule has 8 nitrogen and oxygen atoms in total. The number of hydrogen-bond acceptors (Lipinski definition) is 7. The number of nitrogens with one attached hydrogen (secondary N) is 2. The molecule has 4 heterocycles. The molecule has 0 aromatic carbocycles. The van der Waals surface area contributed by atoms with Gasteiger partial charge >= 0.3 is 0 Å². The van der Waals surface area contributed by atoms with Crippen LogP contribution in [0.2, 0.25) is 0 Å². The van der Waals surface area contributed by atoms with Crippen LogP contribution in [0.3, 0.4) is 0 Å². The number of aliphatic hydroxyl groups excluding tert-OH is 1. The summed E-state index contributed by atoms with van der Waals surface area (Å²) in [5.74, 6) is 0.412. The number of amides is 2. The number of pyridine rings is 1. The Morgan fingerprint density at radius 1 is 1.11 bits per heavy atom. The number of nitrogens with zero attached hydrogens (tertiary/aromatic N) is 3. The third-order valence-electron chi connectivity index (χ3n) is 7.31. The van der Waals surface area contributed by atoms with E-state index in [9.17, 15) is 14.7 Å². The topological polar surface area (TPSA) is 107 Å². The molecule has 0 spiro atoms. The third kappa shape index (κ3) is 4.93. The highest BCUT2D eigenvalue weighted by Crippen LogP contribution is 2.41. The van der Waals surface area contributed by atoms with Crippen LogP contribution in [0.5, 0.6) is 0 Å². The second-order valence-corrected chi connectivity index (χ2v) is 12.3. The Kier molecular flexibility index (Phi) is 6.34. The Balaban J connectivity index is 1.49. The van der Waals surface area contributed by atoms with Crippen LogP contribution >= 0.6 is 11.3 Å². The number of carbonyl (C=O) groups is 2. The zero-order valence-corrected chi connectivity index (χ0v) is 21.7. The van der Waals surface area contributed by atoms with Gasteiger partial charge in [-0.15, -0.1) is 11.3 Å². The summed E-state index contributed by atoms with van der Waals surface area (Å²) in [5, 5.41) is 16.5. The van der Waals surface area contributed by atoms with Crippen LogP contribution < -0.4 is 10.6 Å². The van der Waals surface area contributed by atoms with Gasteiger partial charge in [0.1, 0.15) is 11.5 Å². The molecule has 3 aliphatic rings. The molecule has 5 rings (SSSR count). The van der Waals surface area contributed by atoms with Gasteiger partial charge < -0.3 is 20.6 Å². The van der Waals surface area contributed by atoms with Crippen LogP contribution in [0, 0.1) is 6.92 Å². The van der Waals surface area contributed by atoms with Crippen molar-refractivity contribution in [3.63, 3.8) is 0 Å². The van der Waals surface area contributed by atoms with E-state index in [2.05, 4.69) is 41.4 Å². The van der Waals surface area contributed by atoms with E-state index < -0.39 is 0 Å². The predicted octanol–water partition coefficient (Wildman–Crippen LogP) is 4.13. The van der Waals surface area contributed by atoms with Crippen LogP contribution in [-0.4, -0.2) is 61.6 Å². The molecule has 1 aliphatic carbocycles. The van der Waals surface area contributed by atoms with E-state index in [0.29, 0.717) is 23.4 Å². The lowest BCUT2D eigenvalue weighted by atomic mass is 10.0. The van der Waals surface area contributed by atoms with Gasteiger partial charge in [-0.25, -0.2) is 9.97 Å². The Morgan fingerprint density at radius 2 is 1.80 bits per heavy atom. The van der Waals surface area contributed by atoms with Crippen LogP contribution in [0.1, 0.15) is 91.6 Å². The van der Waals surface area contributed by atoms with Gasteiger partial charge in [0, 0.05) is 35.4 Å². The van der Waals surface area contributed by atoms with Crippen molar-refractivity contribution in [3.8, 4) is 10.4 Å². The molecule has 3 fully saturated rings. The summed E-state index contributed by atoms with van der Waals surface area (Å²) >= 11 is 1.25. The van der Waals surface area contributed by atoms with Gasteiger partial charge in [0.25, 0.3) is 11.8 Å². The maximum atomic E-state index is 13.8. The average Bonchev–Trinajstić information content (AvgIpc) is 3.56. The fourth-order valence-corrected chi connectivity index (χ4v) is 6.73. The van der Waals surface area contributed by atoms with E-state index in [4.69, 9.17) is 0 Å². The summed E-state index contributed by atoms with van der Waals surface area (Å²) in [7, 11) is 0. The standard InChI is InChI=1S/C26H35N5O3S/c1-14-11-20(30-26(2,3)4)27-13-19(14)22-21(25(34)31-16-6-7-17(31)9-8-16)29-24(35-22)23(33)28-15-5-10-18(32)12-15/h11,13,15-18,32H,5-10,12H2,1-4H3,(H,27,30)(H,28,33)/t15-,16?,17?,18-/m0/s1. The summed E-state index contributed by atoms with van der Waals surface area (Å²) in [5.41, 5.74) is 2.03. The summed E-state index contributed by atoms with van der Waals surface area (Å²) in [4.78, 5) is 38.8. The summed E-state index contributed by atoms with van der Waals surface area (Å²) < 4.78 is 0. The van der Waals surface area contributed by atoms with Gasteiger partial charge in [0.15, 0.2) is 5.01 Å². The molecule has 2 amide bonds. The number of carbonyl (C=O) groups excluding carboxylic acids is 2. The Bertz CT molecular complexity index is 1120. The lowest BCUT2D eigenvalue weighted by molar-refractivity contribution is 0.0725. The minimum atomic E-state index is -0.371. The molecule has 188 valence electrons. The molecule has 2 bridgehead atoms. The van der Waals surface area contributed by atoms with Gasteiger partial charge in [-0.1, -0.05) is 0 Å². The largest absolute Gasteiger partial charge is 0.393 e. The summed E-state index contributed by atoms with van der Waals surface area (Å²) in [6.45, 7) is 8.24. The van der Waals surface area contributed by atoms with Gasteiger partial charge in [-0.3, -0.25) is 9.59 Å². The fraction of sp³-hybridized carbons (Fsp3) is 0.615. The number of anilines is 1. The van der Waals surface area contributed by atoms with Crippen LogP contribution in [0.25, 0.3) is 10.4 Å². The molecule has 9 heteroatoms. The number of rotatable bonds is 5. The minimum absolute atomic E-state index is 0.0652. The second-order valence-electron chi connectivity index (χ2n) is 11.3. The lowest BCUT2D eigenvalue weighted by Crippen LogP contribution is -2.36. The number of thiazole rings is 1. The first-order valence-corrected chi connectivity index (χ1v) is 13.5. The highest BCUT2D eigenvalue weighted by molar-refractivity contribution is 7.17. The van der Waals surface area contributed by atoms with Gasteiger partial charge in [0.2, 0.25) is 0 Å². The average molecular weight is 498 g/mol. The maximum Gasteiger partial charge on any atom is 0.280 e. The predicted molar refractivity (Wildman–Crippen MR) is 137 cm³/mol. The van der Waals surface area contributed by atoms with Gasteiger partial charge in [-0.05, 0) is 84.3 Å². The molecular formula is C26H35N5O3S. The van der Waals surface area contributed by atoms with Crippen molar-refractivity contribution in [2.75, 3.05) is 5.32 Å². The number of fused-ring (bicyclic) bond motifs is 2. The highest BCUT2D eigenvalue weighted by Gasteiger charge is 2.44. The number of aromatic nitrogens is 2. The lowest BCUT2D eigenvalue weighted by Gasteiger charge is -2.22. The third-order valence-corrected chi connectivity index (χ3v) is 8.40. The van der Waals surface area contributed by atoms with E-state index in [1.165, 1.54) is 11.3 Å². The summed E-state index contributed by atoms with van der Waals surface area (Å²) in [6.07, 6.45) is 7.57. The molecule has 0 radical (unpaired) electrons. The Hall–Kier alpha value is -2.52. The molecule has 35 heavy (non-hydrogen) atoms. The SMILES string of the molecule is Cc1cc(NC(C)(C)C)ncc1-c1sc(C(=O)N[C@H]2CC[C@H](O)C2)nc1C(=O)N1C2CCC1CC2. The van der Waals surface area contributed by atoms with Crippen molar-refractivity contribution >= 4 is 29.0 Å². The van der Waals surface area contributed by atoms with E-state index in [1.54, 1.807) is 6.20 Å². The molecule has 2 aliphatic heterocycles. The fourth-order valence-electron chi connectivity index (χ4n) is 5.69. The molecule has 2 aromatic rings. The first kappa shape index (κ1) is 24.2. The van der Waals surface area contributed by atoms with Gasteiger partial charge in [-0.2, -0.15) is 0 Å². The molecule has 3 N–H and O–H groups in total. The van der Waals surface area contributed by atoms with Crippen molar-refractivity contribution in [3.05, 3.63) is 28.5 Å². The molecule has 1 saturated carbocycles. The van der Waals surface area contributed by atoms with E-state index >= 15 is 0 Å². The molecule has 0 unspecified atom stereocenters. The van der Waals surface area contributed by atoms with E-state index in [1.807, 2.05) is 17.9 Å². The quantitative estimate of drug-likeness (QED) is 0.573. The van der Waals surface area contributed by atoms with E-state index in [0.717, 1.165) is 49.0 Å². The van der Waals surface area contributed by atoms with Crippen molar-refractivity contribution < 1.29 is 14.7 Å². The number of aliphatic hydroxyl groups is 1. The smallest absolute Gasteiger partial charge is 0.280 e. The monoisotopic (exact) mass is 497 g/mol. The molecule has 2 atom stereocenters. The zero-order chi connectivity index (χ0) is 24.9. The minimum Gasteiger partial charge on any atom is -0.393 e. The van der Waals surface area contributed by atoms with Crippen LogP contribution in [-0.2, 0) is 0 Å². The zero-order valence-electron chi connectivity index (χ0n) is 20.9. The second kappa shape index (κ2) is 9.17. The van der Waals surface area contributed by atoms with Crippen molar-refractivity contribution in [2.24, 2.45) is 0 Å². The van der Waals surface area contributed by atoms with Crippen molar-refractivity contribution in [1.82, 2.24) is 20.2 Å². The Morgan fingerprint density at radius 3 is 2.37 bits per heavy atom. The number of aryl methyl sites for hydroxylation is 1. The molecular weight excluding hydrogens is 462 g/mol. The van der Waals surface area contributed by atoms with Crippen LogP contribution in [0.4, 0.5) is 5.82 Å². The highest BCUT2D eigenvalue weighted by atomic mass is 32.1. The molecule has 2 saturated heterocycles. The van der Waals surface area contributed by atoms with E-state index in [-0.39, 0.29) is 46.6 Å². The maximum absolute atomic E-state index is 13.8. The van der Waals surface area contributed by atoms with Crippen molar-refractivity contribution in [2.45, 2.75) is 102 Å². The summed E-state index contributed by atoms with van der Waals surface area (Å²) in [6, 6.07) is 2.46. The molecule has 2 aromatic heterocycles. The first-order valence-electron chi connectivity index (χ1n) is 12.7.